The number of hydrogen-bond acceptors (Lipinski definition) is 5. The molecule has 0 radical (unpaired) electrons. The van der Waals surface area contributed by atoms with Crippen LogP contribution < -0.4 is 5.32 Å². The maximum absolute atomic E-state index is 12.2. The Balaban J connectivity index is 2.66. The first-order chi connectivity index (χ1) is 11.0. The Morgan fingerprint density at radius 2 is 1.58 bits per heavy atom. The van der Waals surface area contributed by atoms with Crippen LogP contribution in [0.2, 0.25) is 0 Å². The van der Waals surface area contributed by atoms with E-state index in [1.807, 2.05) is 30.3 Å². The van der Waals surface area contributed by atoms with Crippen molar-refractivity contribution in [2.45, 2.75) is 65.6 Å². The highest BCUT2D eigenvalue weighted by atomic mass is 16.6. The van der Waals surface area contributed by atoms with Gasteiger partial charge in [-0.25, -0.2) is 9.59 Å². The van der Waals surface area contributed by atoms with Crippen molar-refractivity contribution in [3.05, 3.63) is 35.9 Å². The van der Waals surface area contributed by atoms with E-state index in [0.717, 1.165) is 5.56 Å². The van der Waals surface area contributed by atoms with Crippen molar-refractivity contribution in [3.8, 4) is 0 Å². The normalized spacial score (nSPS) is 13.1. The molecule has 0 fully saturated rings. The fraction of sp³-hybridized carbons (Fsp3) is 0.556. The van der Waals surface area contributed by atoms with Gasteiger partial charge in [-0.2, -0.15) is 0 Å². The van der Waals surface area contributed by atoms with Gasteiger partial charge in [0.25, 0.3) is 0 Å². The van der Waals surface area contributed by atoms with E-state index in [9.17, 15) is 9.59 Å². The van der Waals surface area contributed by atoms with E-state index in [0.29, 0.717) is 0 Å². The van der Waals surface area contributed by atoms with Crippen LogP contribution >= 0.6 is 0 Å². The zero-order valence-electron chi connectivity index (χ0n) is 15.2. The Hall–Kier alpha value is -2.08. The molecule has 0 heterocycles. The fourth-order valence-corrected chi connectivity index (χ4v) is 1.72. The summed E-state index contributed by atoms with van der Waals surface area (Å²) in [4.78, 5) is 24.2. The first kappa shape index (κ1) is 20.0. The lowest BCUT2D eigenvalue weighted by Gasteiger charge is -2.29. The smallest absolute Gasteiger partial charge is 0.409 e. The molecule has 0 bridgehead atoms. The van der Waals surface area contributed by atoms with Gasteiger partial charge in [0, 0.05) is 0 Å². The van der Waals surface area contributed by atoms with Crippen molar-refractivity contribution in [1.29, 1.82) is 0 Å². The molecule has 0 aliphatic heterocycles. The molecule has 0 spiro atoms. The van der Waals surface area contributed by atoms with Crippen molar-refractivity contribution in [2.24, 2.45) is 0 Å². The van der Waals surface area contributed by atoms with E-state index in [-0.39, 0.29) is 6.61 Å². The highest BCUT2D eigenvalue weighted by molar-refractivity contribution is 5.80. The first-order valence-electron chi connectivity index (χ1n) is 7.84. The van der Waals surface area contributed by atoms with Gasteiger partial charge in [0.05, 0.1) is 5.60 Å². The van der Waals surface area contributed by atoms with Crippen LogP contribution in [0.25, 0.3) is 0 Å². The number of nitrogens with one attached hydrogen (secondary N) is 1. The maximum atomic E-state index is 12.2. The summed E-state index contributed by atoms with van der Waals surface area (Å²) in [6.07, 6.45) is -1.99. The van der Waals surface area contributed by atoms with Gasteiger partial charge in [0.1, 0.15) is 12.2 Å². The predicted octanol–water partition coefficient (Wildman–Crippen LogP) is 3.40. The SMILES string of the molecule is CC(C)(C)OC(=O)C(NC(=O)OCc1ccccc1)OC(C)(C)C. The highest BCUT2D eigenvalue weighted by Crippen LogP contribution is 2.14. The van der Waals surface area contributed by atoms with Crippen LogP contribution in [0.15, 0.2) is 30.3 Å². The third-order valence-electron chi connectivity index (χ3n) is 2.55. The van der Waals surface area contributed by atoms with E-state index in [4.69, 9.17) is 14.2 Å². The van der Waals surface area contributed by atoms with Crippen LogP contribution in [0.3, 0.4) is 0 Å². The van der Waals surface area contributed by atoms with Gasteiger partial charge in [0.2, 0.25) is 6.23 Å². The predicted molar refractivity (Wildman–Crippen MR) is 90.2 cm³/mol. The van der Waals surface area contributed by atoms with Gasteiger partial charge < -0.3 is 14.2 Å². The molecule has 1 N–H and O–H groups in total. The lowest BCUT2D eigenvalue weighted by atomic mass is 10.2. The molecule has 1 unspecified atom stereocenters. The van der Waals surface area contributed by atoms with E-state index < -0.39 is 29.5 Å². The number of rotatable bonds is 5. The molecule has 1 aromatic carbocycles. The van der Waals surface area contributed by atoms with E-state index in [1.54, 1.807) is 41.5 Å². The summed E-state index contributed by atoms with van der Waals surface area (Å²) in [5.41, 5.74) is -0.487. The van der Waals surface area contributed by atoms with E-state index >= 15 is 0 Å². The molecule has 0 saturated heterocycles. The van der Waals surface area contributed by atoms with Gasteiger partial charge >= 0.3 is 12.1 Å². The van der Waals surface area contributed by atoms with Crippen LogP contribution in [0, 0.1) is 0 Å². The number of ether oxygens (including phenoxy) is 3. The summed E-state index contributed by atoms with van der Waals surface area (Å²) in [5.74, 6) is -0.672. The molecule has 134 valence electrons. The van der Waals surface area contributed by atoms with Gasteiger partial charge in [-0.3, -0.25) is 5.32 Å². The Morgan fingerprint density at radius 3 is 2.08 bits per heavy atom. The zero-order chi connectivity index (χ0) is 18.4. The number of amides is 1. The number of carbonyl (C=O) groups is 2. The Kier molecular flexibility index (Phi) is 6.78. The lowest BCUT2D eigenvalue weighted by molar-refractivity contribution is -0.180. The van der Waals surface area contributed by atoms with Crippen molar-refractivity contribution >= 4 is 12.1 Å². The van der Waals surface area contributed by atoms with Crippen molar-refractivity contribution in [1.82, 2.24) is 5.32 Å². The van der Waals surface area contributed by atoms with E-state index in [2.05, 4.69) is 5.32 Å². The quantitative estimate of drug-likeness (QED) is 0.658. The zero-order valence-corrected chi connectivity index (χ0v) is 15.2. The van der Waals surface area contributed by atoms with Crippen LogP contribution in [-0.2, 0) is 25.6 Å². The Bertz CT molecular complexity index is 543. The summed E-state index contributed by atoms with van der Waals surface area (Å²) in [6.45, 7) is 10.7. The molecule has 6 nitrogen and oxygen atoms in total. The second-order valence-corrected chi connectivity index (χ2v) is 7.35. The lowest BCUT2D eigenvalue weighted by Crippen LogP contribution is -2.49. The Labute approximate surface area is 143 Å². The average molecular weight is 337 g/mol. The monoisotopic (exact) mass is 337 g/mol. The van der Waals surface area contributed by atoms with E-state index in [1.165, 1.54) is 0 Å². The number of hydrogen-bond donors (Lipinski definition) is 1. The highest BCUT2D eigenvalue weighted by Gasteiger charge is 2.31. The second kappa shape index (κ2) is 8.15. The summed E-state index contributed by atoms with van der Waals surface area (Å²) in [7, 11) is 0. The molecule has 6 heteroatoms. The number of esters is 1. The standard InChI is InChI=1S/C18H27NO5/c1-17(2,3)23-14(15(20)24-18(4,5)6)19-16(21)22-12-13-10-8-7-9-11-13/h7-11,14H,12H2,1-6H3,(H,19,21). The van der Waals surface area contributed by atoms with Crippen LogP contribution in [0.4, 0.5) is 4.79 Å². The minimum Gasteiger partial charge on any atom is -0.457 e. The van der Waals surface area contributed by atoms with Crippen molar-refractivity contribution < 1.29 is 23.8 Å². The topological polar surface area (TPSA) is 73.9 Å². The van der Waals surface area contributed by atoms with Crippen LogP contribution in [0.1, 0.15) is 47.1 Å². The van der Waals surface area contributed by atoms with Gasteiger partial charge in [0.15, 0.2) is 0 Å². The second-order valence-electron chi connectivity index (χ2n) is 7.35. The summed E-state index contributed by atoms with van der Waals surface area (Å²) < 4.78 is 16.0. The average Bonchev–Trinajstić information content (AvgIpc) is 2.42. The number of benzene rings is 1. The van der Waals surface area contributed by atoms with Gasteiger partial charge in [-0.05, 0) is 47.1 Å². The molecular weight excluding hydrogens is 310 g/mol. The fourth-order valence-electron chi connectivity index (χ4n) is 1.72. The molecule has 1 aromatic rings. The van der Waals surface area contributed by atoms with Crippen LogP contribution in [-0.4, -0.2) is 29.5 Å². The minimum atomic E-state index is -1.24. The molecule has 0 aromatic heterocycles. The summed E-state index contributed by atoms with van der Waals surface area (Å²) in [5, 5.41) is 2.41. The molecule has 1 amide bonds. The van der Waals surface area contributed by atoms with Gasteiger partial charge in [-0.15, -0.1) is 0 Å². The molecule has 1 atom stereocenters. The molecule has 24 heavy (non-hydrogen) atoms. The van der Waals surface area contributed by atoms with Crippen molar-refractivity contribution in [3.63, 3.8) is 0 Å². The molecular formula is C18H27NO5. The molecule has 0 saturated carbocycles. The summed E-state index contributed by atoms with van der Waals surface area (Å²) in [6, 6.07) is 9.25. The Morgan fingerprint density at radius 1 is 1.00 bits per heavy atom. The van der Waals surface area contributed by atoms with Crippen molar-refractivity contribution in [2.75, 3.05) is 0 Å². The summed E-state index contributed by atoms with van der Waals surface area (Å²) >= 11 is 0. The first-order valence-corrected chi connectivity index (χ1v) is 7.84. The third kappa shape index (κ3) is 8.53. The molecule has 0 aliphatic rings. The van der Waals surface area contributed by atoms with Crippen LogP contribution in [0.5, 0.6) is 0 Å². The maximum Gasteiger partial charge on any atom is 0.409 e. The largest absolute Gasteiger partial charge is 0.457 e. The molecule has 0 aliphatic carbocycles. The number of alkyl carbamates (subject to hydrolysis) is 1. The minimum absolute atomic E-state index is 0.100. The molecule has 1 rings (SSSR count). The van der Waals surface area contributed by atoms with Gasteiger partial charge in [-0.1, -0.05) is 30.3 Å². The third-order valence-corrected chi connectivity index (χ3v) is 2.55. The number of carbonyl (C=O) groups excluding carboxylic acids is 2.